The second-order valence-corrected chi connectivity index (χ2v) is 4.28. The Hall–Kier alpha value is -1.10. The summed E-state index contributed by atoms with van der Waals surface area (Å²) < 4.78 is 0. The van der Waals surface area contributed by atoms with Crippen molar-refractivity contribution in [3.05, 3.63) is 11.9 Å². The summed E-state index contributed by atoms with van der Waals surface area (Å²) in [5.41, 5.74) is 2.01. The molecule has 0 bridgehead atoms. The van der Waals surface area contributed by atoms with E-state index in [9.17, 15) is 0 Å². The summed E-state index contributed by atoms with van der Waals surface area (Å²) in [5.74, 6) is 0.670. The van der Waals surface area contributed by atoms with Crippen LogP contribution >= 0.6 is 11.8 Å². The summed E-state index contributed by atoms with van der Waals surface area (Å²) in [6.45, 7) is 0. The van der Waals surface area contributed by atoms with Crippen LogP contribution in [0.1, 0.15) is 24.5 Å². The van der Waals surface area contributed by atoms with Crippen molar-refractivity contribution >= 4 is 22.8 Å². The van der Waals surface area contributed by atoms with Crippen LogP contribution in [0.25, 0.3) is 11.0 Å². The number of aromatic amines is 1. The number of nitrogens with zero attached hydrogens (tertiary/aromatic N) is 3. The molecule has 3 rings (SSSR count). The summed E-state index contributed by atoms with van der Waals surface area (Å²) in [5, 5.41) is 9.14. The van der Waals surface area contributed by atoms with E-state index in [1.165, 1.54) is 18.5 Å². The zero-order valence-electron chi connectivity index (χ0n) is 7.82. The van der Waals surface area contributed by atoms with E-state index in [4.69, 9.17) is 0 Å². The largest absolute Gasteiger partial charge is 0.279 e. The Morgan fingerprint density at radius 1 is 1.50 bits per heavy atom. The molecule has 14 heavy (non-hydrogen) atoms. The maximum absolute atomic E-state index is 4.33. The van der Waals surface area contributed by atoms with Crippen molar-refractivity contribution in [1.29, 1.82) is 0 Å². The van der Waals surface area contributed by atoms with Crippen LogP contribution in [0, 0.1) is 0 Å². The molecule has 2 aromatic heterocycles. The van der Waals surface area contributed by atoms with Crippen LogP contribution in [0.15, 0.2) is 11.4 Å². The lowest BCUT2D eigenvalue weighted by atomic mass is 10.2. The molecule has 0 radical (unpaired) electrons. The van der Waals surface area contributed by atoms with Crippen LogP contribution in [0.3, 0.4) is 0 Å². The van der Waals surface area contributed by atoms with E-state index in [-0.39, 0.29) is 0 Å². The zero-order chi connectivity index (χ0) is 9.54. The van der Waals surface area contributed by atoms with Crippen molar-refractivity contribution in [1.82, 2.24) is 20.2 Å². The lowest BCUT2D eigenvalue weighted by molar-refractivity contribution is 0.963. The molecule has 1 fully saturated rings. The molecule has 0 amide bonds. The smallest absolute Gasteiger partial charge is 0.189 e. The van der Waals surface area contributed by atoms with E-state index in [1.807, 2.05) is 12.5 Å². The SMILES string of the molecule is CSc1ncc2c(C3CC3)[nH]nc2n1. The number of thioether (sulfide) groups is 1. The third-order valence-electron chi connectivity index (χ3n) is 2.49. The number of H-pyrrole nitrogens is 1. The van der Waals surface area contributed by atoms with Crippen molar-refractivity contribution in [3.63, 3.8) is 0 Å². The molecular weight excluding hydrogens is 196 g/mol. The summed E-state index contributed by atoms with van der Waals surface area (Å²) in [7, 11) is 0. The standard InChI is InChI=1S/C9H10N4S/c1-14-9-10-4-6-7(5-2-3-5)12-13-8(6)11-9/h4-5H,2-3H2,1H3,(H,10,11,12,13). The Kier molecular flexibility index (Phi) is 1.73. The van der Waals surface area contributed by atoms with Gasteiger partial charge in [0.1, 0.15) is 0 Å². The van der Waals surface area contributed by atoms with Gasteiger partial charge in [0.2, 0.25) is 0 Å². The minimum Gasteiger partial charge on any atom is -0.279 e. The van der Waals surface area contributed by atoms with Crippen LogP contribution in [-0.2, 0) is 0 Å². The number of fused-ring (bicyclic) bond motifs is 1. The summed E-state index contributed by atoms with van der Waals surface area (Å²) in [6.07, 6.45) is 6.38. The first-order valence-electron chi connectivity index (χ1n) is 4.63. The summed E-state index contributed by atoms with van der Waals surface area (Å²) in [6, 6.07) is 0. The molecule has 0 spiro atoms. The molecule has 2 aromatic rings. The van der Waals surface area contributed by atoms with Gasteiger partial charge in [-0.1, -0.05) is 11.8 Å². The maximum Gasteiger partial charge on any atom is 0.189 e. The van der Waals surface area contributed by atoms with Crippen LogP contribution < -0.4 is 0 Å². The highest BCUT2D eigenvalue weighted by molar-refractivity contribution is 7.98. The van der Waals surface area contributed by atoms with Crippen LogP contribution in [0.4, 0.5) is 0 Å². The average Bonchev–Trinajstić information content (AvgIpc) is 2.98. The minimum atomic E-state index is 0.670. The van der Waals surface area contributed by atoms with E-state index < -0.39 is 0 Å². The number of nitrogens with one attached hydrogen (secondary N) is 1. The molecule has 0 saturated heterocycles. The van der Waals surface area contributed by atoms with Gasteiger partial charge in [0.15, 0.2) is 10.8 Å². The van der Waals surface area contributed by atoms with Gasteiger partial charge in [-0.25, -0.2) is 9.97 Å². The lowest BCUT2D eigenvalue weighted by Crippen LogP contribution is -1.86. The molecule has 4 nitrogen and oxygen atoms in total. The van der Waals surface area contributed by atoms with E-state index in [0.29, 0.717) is 5.92 Å². The monoisotopic (exact) mass is 206 g/mol. The summed E-state index contributed by atoms with van der Waals surface area (Å²) >= 11 is 1.54. The fraction of sp³-hybridized carbons (Fsp3) is 0.444. The Bertz CT molecular complexity index is 475. The fourth-order valence-corrected chi connectivity index (χ4v) is 1.92. The van der Waals surface area contributed by atoms with Gasteiger partial charge in [0.25, 0.3) is 0 Å². The predicted molar refractivity (Wildman–Crippen MR) is 55.4 cm³/mol. The highest BCUT2D eigenvalue weighted by Crippen LogP contribution is 2.41. The Morgan fingerprint density at radius 2 is 2.36 bits per heavy atom. The topological polar surface area (TPSA) is 54.5 Å². The highest BCUT2D eigenvalue weighted by Gasteiger charge is 2.27. The van der Waals surface area contributed by atoms with Crippen LogP contribution in [0.2, 0.25) is 0 Å². The number of aromatic nitrogens is 4. The quantitative estimate of drug-likeness (QED) is 0.602. The first-order chi connectivity index (χ1) is 6.88. The molecule has 5 heteroatoms. The Labute approximate surface area is 85.5 Å². The van der Waals surface area contributed by atoms with Gasteiger partial charge >= 0.3 is 0 Å². The van der Waals surface area contributed by atoms with Gasteiger partial charge in [-0.2, -0.15) is 5.10 Å². The molecule has 2 heterocycles. The van der Waals surface area contributed by atoms with Crippen LogP contribution in [0.5, 0.6) is 0 Å². The number of hydrogen-bond acceptors (Lipinski definition) is 4. The molecule has 0 aromatic carbocycles. The predicted octanol–water partition coefficient (Wildman–Crippen LogP) is 1.95. The van der Waals surface area contributed by atoms with E-state index in [1.54, 1.807) is 11.8 Å². The van der Waals surface area contributed by atoms with Gasteiger partial charge in [-0.15, -0.1) is 0 Å². The second kappa shape index (κ2) is 2.95. The Balaban J connectivity index is 2.17. The molecule has 0 aliphatic heterocycles. The van der Waals surface area contributed by atoms with Crippen molar-refractivity contribution in [2.75, 3.05) is 6.26 Å². The third kappa shape index (κ3) is 1.19. The molecule has 1 aliphatic rings. The fourth-order valence-electron chi connectivity index (χ4n) is 1.59. The van der Waals surface area contributed by atoms with Crippen LogP contribution in [-0.4, -0.2) is 26.4 Å². The summed E-state index contributed by atoms with van der Waals surface area (Å²) in [4.78, 5) is 8.59. The zero-order valence-corrected chi connectivity index (χ0v) is 8.64. The van der Waals surface area contributed by atoms with Crippen molar-refractivity contribution in [2.45, 2.75) is 23.9 Å². The lowest BCUT2D eigenvalue weighted by Gasteiger charge is -1.94. The minimum absolute atomic E-state index is 0.670. The first kappa shape index (κ1) is 8.23. The molecule has 1 aliphatic carbocycles. The highest BCUT2D eigenvalue weighted by atomic mass is 32.2. The first-order valence-corrected chi connectivity index (χ1v) is 5.86. The third-order valence-corrected chi connectivity index (χ3v) is 3.05. The van der Waals surface area contributed by atoms with E-state index in [0.717, 1.165) is 16.2 Å². The average molecular weight is 206 g/mol. The second-order valence-electron chi connectivity index (χ2n) is 3.51. The number of rotatable bonds is 2. The van der Waals surface area contributed by atoms with E-state index >= 15 is 0 Å². The van der Waals surface area contributed by atoms with Gasteiger partial charge in [-0.3, -0.25) is 5.10 Å². The molecule has 0 atom stereocenters. The normalized spacial score (nSPS) is 16.4. The number of hydrogen-bond donors (Lipinski definition) is 1. The molecule has 1 N–H and O–H groups in total. The molecule has 72 valence electrons. The van der Waals surface area contributed by atoms with Gasteiger partial charge in [-0.05, 0) is 19.1 Å². The maximum atomic E-state index is 4.33. The van der Waals surface area contributed by atoms with Crippen molar-refractivity contribution in [3.8, 4) is 0 Å². The van der Waals surface area contributed by atoms with Crippen molar-refractivity contribution < 1.29 is 0 Å². The molecular formula is C9H10N4S. The molecule has 1 saturated carbocycles. The molecule has 0 unspecified atom stereocenters. The van der Waals surface area contributed by atoms with Gasteiger partial charge in [0, 0.05) is 17.8 Å². The Morgan fingerprint density at radius 3 is 3.07 bits per heavy atom. The van der Waals surface area contributed by atoms with Crippen molar-refractivity contribution in [2.24, 2.45) is 0 Å². The van der Waals surface area contributed by atoms with E-state index in [2.05, 4.69) is 20.2 Å². The van der Waals surface area contributed by atoms with Gasteiger partial charge in [0.05, 0.1) is 5.39 Å². The van der Waals surface area contributed by atoms with Gasteiger partial charge < -0.3 is 0 Å².